The fourth-order valence-corrected chi connectivity index (χ4v) is 3.04. The number of benzene rings is 2. The second-order valence-corrected chi connectivity index (χ2v) is 6.05. The third-order valence-corrected chi connectivity index (χ3v) is 4.42. The minimum absolute atomic E-state index is 0.0243. The molecule has 0 unspecified atom stereocenters. The first-order valence-electron chi connectivity index (χ1n) is 7.64. The molecule has 0 N–H and O–H groups in total. The van der Waals surface area contributed by atoms with Gasteiger partial charge in [0.15, 0.2) is 5.78 Å². The van der Waals surface area contributed by atoms with E-state index in [2.05, 4.69) is 9.80 Å². The van der Waals surface area contributed by atoms with Crippen LogP contribution in [0.25, 0.3) is 0 Å². The van der Waals surface area contributed by atoms with Gasteiger partial charge in [-0.1, -0.05) is 23.7 Å². The van der Waals surface area contributed by atoms with E-state index in [1.54, 1.807) is 0 Å². The molecule has 0 aromatic heterocycles. The zero-order valence-electron chi connectivity index (χ0n) is 12.7. The van der Waals surface area contributed by atoms with E-state index >= 15 is 0 Å². The molecule has 0 atom stereocenters. The summed E-state index contributed by atoms with van der Waals surface area (Å²) in [6.45, 7) is 3.64. The smallest absolute Gasteiger partial charge is 0.176 e. The average Bonchev–Trinajstić information content (AvgIpc) is 2.57. The first-order valence-corrected chi connectivity index (χ1v) is 8.02. The minimum Gasteiger partial charge on any atom is -0.368 e. The van der Waals surface area contributed by atoms with Crippen LogP contribution in [0.1, 0.15) is 10.4 Å². The van der Waals surface area contributed by atoms with Crippen molar-refractivity contribution in [2.75, 3.05) is 37.6 Å². The Balaban J connectivity index is 1.56. The molecule has 1 fully saturated rings. The molecule has 0 saturated carbocycles. The first-order chi connectivity index (χ1) is 11.1. The van der Waals surface area contributed by atoms with Gasteiger partial charge in [0.05, 0.1) is 17.3 Å². The Morgan fingerprint density at radius 3 is 2.30 bits per heavy atom. The topological polar surface area (TPSA) is 23.6 Å². The summed E-state index contributed by atoms with van der Waals surface area (Å²) in [4.78, 5) is 16.6. The van der Waals surface area contributed by atoms with Crippen LogP contribution in [0.2, 0.25) is 5.02 Å². The van der Waals surface area contributed by atoms with E-state index in [0.29, 0.717) is 12.1 Å². The maximum absolute atomic E-state index is 12.9. The van der Waals surface area contributed by atoms with Crippen LogP contribution in [0.15, 0.2) is 48.5 Å². The van der Waals surface area contributed by atoms with Gasteiger partial charge in [-0.3, -0.25) is 9.69 Å². The third-order valence-electron chi connectivity index (χ3n) is 4.10. The van der Waals surface area contributed by atoms with Crippen molar-refractivity contribution in [2.45, 2.75) is 0 Å². The van der Waals surface area contributed by atoms with Crippen molar-refractivity contribution in [3.63, 3.8) is 0 Å². The highest BCUT2D eigenvalue weighted by molar-refractivity contribution is 6.33. The molecule has 1 saturated heterocycles. The number of Topliss-reactive ketones (excluding diaryl/α,β-unsaturated/α-hetero) is 1. The lowest BCUT2D eigenvalue weighted by Gasteiger charge is -2.36. The van der Waals surface area contributed by atoms with Gasteiger partial charge in [0.1, 0.15) is 5.82 Å². The number of rotatable bonds is 4. The van der Waals surface area contributed by atoms with Crippen molar-refractivity contribution < 1.29 is 9.18 Å². The molecule has 2 aromatic carbocycles. The molecule has 2 aromatic rings. The van der Waals surface area contributed by atoms with Gasteiger partial charge in [-0.05, 0) is 36.4 Å². The molecule has 1 aliphatic rings. The fourth-order valence-electron chi connectivity index (χ4n) is 2.79. The molecule has 23 heavy (non-hydrogen) atoms. The van der Waals surface area contributed by atoms with E-state index in [-0.39, 0.29) is 11.6 Å². The standard InChI is InChI=1S/C18H18ClFN2O/c19-16-3-1-2-4-17(16)22-11-9-21(10-12-22)13-18(23)14-5-7-15(20)8-6-14/h1-8H,9-13H2. The molecule has 1 heterocycles. The molecule has 0 radical (unpaired) electrons. The number of carbonyl (C=O) groups excluding carboxylic acids is 1. The van der Waals surface area contributed by atoms with Crippen LogP contribution in [0, 0.1) is 5.82 Å². The van der Waals surface area contributed by atoms with Gasteiger partial charge in [-0.25, -0.2) is 4.39 Å². The average molecular weight is 333 g/mol. The number of nitrogens with zero attached hydrogens (tertiary/aromatic N) is 2. The van der Waals surface area contributed by atoms with Gasteiger partial charge in [0, 0.05) is 31.7 Å². The quantitative estimate of drug-likeness (QED) is 0.801. The van der Waals surface area contributed by atoms with E-state index < -0.39 is 0 Å². The first kappa shape index (κ1) is 16.0. The van der Waals surface area contributed by atoms with Crippen LogP contribution in [0.4, 0.5) is 10.1 Å². The number of piperazine rings is 1. The summed E-state index contributed by atoms with van der Waals surface area (Å²) in [6.07, 6.45) is 0. The minimum atomic E-state index is -0.324. The predicted molar refractivity (Wildman–Crippen MR) is 90.8 cm³/mol. The van der Waals surface area contributed by atoms with Gasteiger partial charge in [-0.2, -0.15) is 0 Å². The molecular formula is C18H18ClFN2O. The van der Waals surface area contributed by atoms with Gasteiger partial charge >= 0.3 is 0 Å². The molecule has 0 bridgehead atoms. The normalized spacial score (nSPS) is 15.7. The van der Waals surface area contributed by atoms with E-state index in [9.17, 15) is 9.18 Å². The zero-order chi connectivity index (χ0) is 16.2. The number of hydrogen-bond acceptors (Lipinski definition) is 3. The van der Waals surface area contributed by atoms with Gasteiger partial charge in [0.2, 0.25) is 0 Å². The summed E-state index contributed by atoms with van der Waals surface area (Å²) in [5.41, 5.74) is 1.60. The summed E-state index contributed by atoms with van der Waals surface area (Å²) in [6, 6.07) is 13.5. The molecule has 5 heteroatoms. The summed E-state index contributed by atoms with van der Waals surface area (Å²) >= 11 is 6.23. The Morgan fingerprint density at radius 2 is 1.65 bits per heavy atom. The maximum Gasteiger partial charge on any atom is 0.176 e. The van der Waals surface area contributed by atoms with Crippen molar-refractivity contribution >= 4 is 23.1 Å². The SMILES string of the molecule is O=C(CN1CCN(c2ccccc2Cl)CC1)c1ccc(F)cc1. The van der Waals surface area contributed by atoms with Crippen LogP contribution in [-0.2, 0) is 0 Å². The largest absolute Gasteiger partial charge is 0.368 e. The molecule has 1 aliphatic heterocycles. The fraction of sp³-hybridized carbons (Fsp3) is 0.278. The summed E-state index contributed by atoms with van der Waals surface area (Å²) in [5.74, 6) is -0.300. The van der Waals surface area contributed by atoms with Gasteiger partial charge in [0.25, 0.3) is 0 Å². The number of hydrogen-bond donors (Lipinski definition) is 0. The van der Waals surface area contributed by atoms with Crippen molar-refractivity contribution in [2.24, 2.45) is 0 Å². The lowest BCUT2D eigenvalue weighted by Crippen LogP contribution is -2.48. The highest BCUT2D eigenvalue weighted by Gasteiger charge is 2.20. The van der Waals surface area contributed by atoms with Crippen LogP contribution in [0.5, 0.6) is 0 Å². The zero-order valence-corrected chi connectivity index (χ0v) is 13.5. The highest BCUT2D eigenvalue weighted by Crippen LogP contribution is 2.26. The van der Waals surface area contributed by atoms with E-state index in [1.807, 2.05) is 24.3 Å². The Bertz CT molecular complexity index is 682. The monoisotopic (exact) mass is 332 g/mol. The molecular weight excluding hydrogens is 315 g/mol. The second kappa shape index (κ2) is 7.11. The van der Waals surface area contributed by atoms with Crippen LogP contribution in [-0.4, -0.2) is 43.4 Å². The van der Waals surface area contributed by atoms with Crippen molar-refractivity contribution in [1.29, 1.82) is 0 Å². The molecule has 0 aliphatic carbocycles. The van der Waals surface area contributed by atoms with Crippen LogP contribution in [0.3, 0.4) is 0 Å². The molecule has 120 valence electrons. The van der Waals surface area contributed by atoms with Crippen molar-refractivity contribution in [3.8, 4) is 0 Å². The summed E-state index contributed by atoms with van der Waals surface area (Å²) in [5, 5.41) is 0.753. The van der Waals surface area contributed by atoms with Gasteiger partial charge < -0.3 is 4.90 Å². The Kier molecular flexibility index (Phi) is 4.94. The lowest BCUT2D eigenvalue weighted by atomic mass is 10.1. The van der Waals surface area contributed by atoms with Crippen molar-refractivity contribution in [1.82, 2.24) is 4.90 Å². The number of anilines is 1. The van der Waals surface area contributed by atoms with Gasteiger partial charge in [-0.15, -0.1) is 0 Å². The van der Waals surface area contributed by atoms with Crippen LogP contribution >= 0.6 is 11.6 Å². The highest BCUT2D eigenvalue weighted by atomic mass is 35.5. The number of para-hydroxylation sites is 1. The molecule has 3 rings (SSSR count). The second-order valence-electron chi connectivity index (χ2n) is 5.64. The Morgan fingerprint density at radius 1 is 1.00 bits per heavy atom. The Labute approximate surface area is 140 Å². The molecule has 0 spiro atoms. The van der Waals surface area contributed by atoms with E-state index in [1.165, 1.54) is 24.3 Å². The predicted octanol–water partition coefficient (Wildman–Crippen LogP) is 3.48. The number of halogens is 2. The number of carbonyl (C=O) groups is 1. The number of ketones is 1. The summed E-state index contributed by atoms with van der Waals surface area (Å²) < 4.78 is 12.9. The lowest BCUT2D eigenvalue weighted by molar-refractivity contribution is 0.0926. The van der Waals surface area contributed by atoms with E-state index in [4.69, 9.17) is 11.6 Å². The van der Waals surface area contributed by atoms with E-state index in [0.717, 1.165) is 36.9 Å². The summed E-state index contributed by atoms with van der Waals surface area (Å²) in [7, 11) is 0. The third kappa shape index (κ3) is 3.89. The van der Waals surface area contributed by atoms with Crippen molar-refractivity contribution in [3.05, 3.63) is 64.9 Å². The molecule has 0 amide bonds. The van der Waals surface area contributed by atoms with Crippen LogP contribution < -0.4 is 4.90 Å². The maximum atomic E-state index is 12.9. The molecule has 3 nitrogen and oxygen atoms in total. The Hall–Kier alpha value is -1.91.